The highest BCUT2D eigenvalue weighted by molar-refractivity contribution is 5.67. The van der Waals surface area contributed by atoms with E-state index in [0.29, 0.717) is 6.61 Å². The van der Waals surface area contributed by atoms with Crippen LogP contribution >= 0.6 is 0 Å². The lowest BCUT2D eigenvalue weighted by Gasteiger charge is -2.22. The molecule has 0 fully saturated rings. The number of carbonyl (C=O) groups is 1. The van der Waals surface area contributed by atoms with E-state index in [1.807, 2.05) is 24.3 Å². The first-order valence-electron chi connectivity index (χ1n) is 8.32. The SMILES string of the molecule is CC(=O)OC/C(=C\c1ccccc1C(C)(C)C)Cc1ccccc1. The molecule has 0 aliphatic rings. The van der Waals surface area contributed by atoms with Crippen molar-refractivity contribution in [3.63, 3.8) is 0 Å². The molecule has 0 spiro atoms. The summed E-state index contributed by atoms with van der Waals surface area (Å²) in [5.41, 5.74) is 4.84. The Morgan fingerprint density at radius 3 is 2.25 bits per heavy atom. The zero-order valence-corrected chi connectivity index (χ0v) is 15.0. The molecule has 2 aromatic rings. The van der Waals surface area contributed by atoms with Crippen LogP contribution in [0, 0.1) is 0 Å². The van der Waals surface area contributed by atoms with Gasteiger partial charge in [-0.2, -0.15) is 0 Å². The van der Waals surface area contributed by atoms with Gasteiger partial charge < -0.3 is 4.74 Å². The summed E-state index contributed by atoms with van der Waals surface area (Å²) in [6.45, 7) is 8.40. The molecule has 0 amide bonds. The monoisotopic (exact) mass is 322 g/mol. The number of ether oxygens (including phenoxy) is 1. The molecular formula is C22H26O2. The van der Waals surface area contributed by atoms with Crippen molar-refractivity contribution in [2.24, 2.45) is 0 Å². The first-order chi connectivity index (χ1) is 11.4. The van der Waals surface area contributed by atoms with E-state index in [4.69, 9.17) is 4.74 Å². The van der Waals surface area contributed by atoms with Gasteiger partial charge in [0.25, 0.3) is 0 Å². The second kappa shape index (κ2) is 7.96. The molecule has 0 N–H and O–H groups in total. The minimum atomic E-state index is -0.252. The van der Waals surface area contributed by atoms with Crippen LogP contribution in [0.1, 0.15) is 44.4 Å². The van der Waals surface area contributed by atoms with Gasteiger partial charge in [-0.25, -0.2) is 0 Å². The maximum atomic E-state index is 11.2. The summed E-state index contributed by atoms with van der Waals surface area (Å²) >= 11 is 0. The van der Waals surface area contributed by atoms with Crippen molar-refractivity contribution < 1.29 is 9.53 Å². The molecule has 0 saturated carbocycles. The molecule has 2 nitrogen and oxygen atoms in total. The molecule has 0 heterocycles. The average Bonchev–Trinajstić information content (AvgIpc) is 2.53. The summed E-state index contributed by atoms with van der Waals surface area (Å²) in [5.74, 6) is -0.252. The fraction of sp³-hybridized carbons (Fsp3) is 0.318. The van der Waals surface area contributed by atoms with Crippen LogP contribution in [0.25, 0.3) is 6.08 Å². The lowest BCUT2D eigenvalue weighted by atomic mass is 9.83. The Bertz CT molecular complexity index is 706. The Kier molecular flexibility index (Phi) is 5.97. The fourth-order valence-electron chi connectivity index (χ4n) is 2.72. The quantitative estimate of drug-likeness (QED) is 0.710. The highest BCUT2D eigenvalue weighted by Gasteiger charge is 2.16. The number of hydrogen-bond acceptors (Lipinski definition) is 2. The minimum absolute atomic E-state index is 0.0619. The number of esters is 1. The zero-order valence-electron chi connectivity index (χ0n) is 15.0. The number of hydrogen-bond donors (Lipinski definition) is 0. The summed E-state index contributed by atoms with van der Waals surface area (Å²) in [6, 6.07) is 18.7. The molecule has 24 heavy (non-hydrogen) atoms. The summed E-state index contributed by atoms with van der Waals surface area (Å²) in [6.07, 6.45) is 2.93. The smallest absolute Gasteiger partial charge is 0.302 e. The molecule has 0 saturated heterocycles. The zero-order chi connectivity index (χ0) is 17.6. The molecule has 0 radical (unpaired) electrons. The molecule has 0 aliphatic heterocycles. The normalized spacial score (nSPS) is 12.1. The van der Waals surface area contributed by atoms with E-state index in [1.54, 1.807) is 0 Å². The van der Waals surface area contributed by atoms with Gasteiger partial charge in [0.1, 0.15) is 6.61 Å². The van der Waals surface area contributed by atoms with Gasteiger partial charge in [-0.15, -0.1) is 0 Å². The molecule has 126 valence electrons. The summed E-state index contributed by atoms with van der Waals surface area (Å²) in [4.78, 5) is 11.2. The number of rotatable bonds is 5. The van der Waals surface area contributed by atoms with Crippen LogP contribution in [0.15, 0.2) is 60.2 Å². The van der Waals surface area contributed by atoms with Crippen molar-refractivity contribution in [2.75, 3.05) is 6.61 Å². The van der Waals surface area contributed by atoms with Crippen LogP contribution in [-0.4, -0.2) is 12.6 Å². The maximum Gasteiger partial charge on any atom is 0.302 e. The van der Waals surface area contributed by atoms with E-state index in [0.717, 1.165) is 12.0 Å². The van der Waals surface area contributed by atoms with Gasteiger partial charge in [0.05, 0.1) is 0 Å². The Labute approximate surface area is 145 Å². The van der Waals surface area contributed by atoms with Crippen LogP contribution < -0.4 is 0 Å². The summed E-state index contributed by atoms with van der Waals surface area (Å²) in [7, 11) is 0. The minimum Gasteiger partial charge on any atom is -0.461 e. The van der Waals surface area contributed by atoms with E-state index >= 15 is 0 Å². The van der Waals surface area contributed by atoms with Crippen LogP contribution in [-0.2, 0) is 21.4 Å². The van der Waals surface area contributed by atoms with Crippen molar-refractivity contribution in [3.8, 4) is 0 Å². The van der Waals surface area contributed by atoms with Crippen LogP contribution in [0.5, 0.6) is 0 Å². The first kappa shape index (κ1) is 18.0. The van der Waals surface area contributed by atoms with Crippen LogP contribution in [0.2, 0.25) is 0 Å². The van der Waals surface area contributed by atoms with Crippen molar-refractivity contribution in [2.45, 2.75) is 39.5 Å². The molecule has 2 heteroatoms. The van der Waals surface area contributed by atoms with E-state index < -0.39 is 0 Å². The van der Waals surface area contributed by atoms with Crippen LogP contribution in [0.4, 0.5) is 0 Å². The third-order valence-corrected chi connectivity index (χ3v) is 3.86. The highest BCUT2D eigenvalue weighted by Crippen LogP contribution is 2.27. The predicted molar refractivity (Wildman–Crippen MR) is 99.9 cm³/mol. The largest absolute Gasteiger partial charge is 0.461 e. The molecule has 0 atom stereocenters. The summed E-state index contributed by atoms with van der Waals surface area (Å²) < 4.78 is 5.27. The predicted octanol–water partition coefficient (Wildman–Crippen LogP) is 5.17. The standard InChI is InChI=1S/C22H26O2/c1-17(23)24-16-19(14-18-10-6-5-7-11-18)15-20-12-8-9-13-21(20)22(2,3)4/h5-13,15H,14,16H2,1-4H3/b19-15-. The molecule has 0 unspecified atom stereocenters. The average molecular weight is 322 g/mol. The second-order valence-corrected chi connectivity index (χ2v) is 7.08. The van der Waals surface area contributed by atoms with Crippen molar-refractivity contribution >= 4 is 12.0 Å². The lowest BCUT2D eigenvalue weighted by molar-refractivity contribution is -0.139. The van der Waals surface area contributed by atoms with Gasteiger partial charge in [-0.3, -0.25) is 4.79 Å². The number of benzene rings is 2. The van der Waals surface area contributed by atoms with Crippen molar-refractivity contribution in [3.05, 3.63) is 76.9 Å². The van der Waals surface area contributed by atoms with Gasteiger partial charge in [-0.1, -0.05) is 81.4 Å². The van der Waals surface area contributed by atoms with Crippen LogP contribution in [0.3, 0.4) is 0 Å². The van der Waals surface area contributed by atoms with E-state index in [9.17, 15) is 4.79 Å². The molecule has 2 aromatic carbocycles. The Balaban J connectivity index is 2.36. The van der Waals surface area contributed by atoms with Gasteiger partial charge >= 0.3 is 5.97 Å². The van der Waals surface area contributed by atoms with Gasteiger partial charge in [-0.05, 0) is 34.1 Å². The van der Waals surface area contributed by atoms with Gasteiger partial charge in [0.2, 0.25) is 0 Å². The van der Waals surface area contributed by atoms with Crippen molar-refractivity contribution in [1.82, 2.24) is 0 Å². The molecule has 0 aliphatic carbocycles. The Morgan fingerprint density at radius 2 is 1.62 bits per heavy atom. The van der Waals surface area contributed by atoms with Gasteiger partial charge in [0, 0.05) is 6.92 Å². The third kappa shape index (κ3) is 5.38. The topological polar surface area (TPSA) is 26.3 Å². The lowest BCUT2D eigenvalue weighted by Crippen LogP contribution is -2.13. The van der Waals surface area contributed by atoms with E-state index in [-0.39, 0.29) is 11.4 Å². The molecule has 2 rings (SSSR count). The number of carbonyl (C=O) groups excluding carboxylic acids is 1. The second-order valence-electron chi connectivity index (χ2n) is 7.08. The van der Waals surface area contributed by atoms with Gasteiger partial charge in [0.15, 0.2) is 0 Å². The molecular weight excluding hydrogens is 296 g/mol. The Hall–Kier alpha value is -2.35. The molecule has 0 bridgehead atoms. The molecule has 0 aromatic heterocycles. The summed E-state index contributed by atoms with van der Waals surface area (Å²) in [5, 5.41) is 0. The van der Waals surface area contributed by atoms with E-state index in [2.05, 4.69) is 57.2 Å². The fourth-order valence-corrected chi connectivity index (χ4v) is 2.72. The van der Waals surface area contributed by atoms with E-state index in [1.165, 1.54) is 23.6 Å². The van der Waals surface area contributed by atoms with Crippen molar-refractivity contribution in [1.29, 1.82) is 0 Å². The Morgan fingerprint density at radius 1 is 1.00 bits per heavy atom. The maximum absolute atomic E-state index is 11.2. The highest BCUT2D eigenvalue weighted by atomic mass is 16.5. The third-order valence-electron chi connectivity index (χ3n) is 3.86. The first-order valence-corrected chi connectivity index (χ1v) is 8.32.